The molecule has 1 aromatic heterocycles. The Morgan fingerprint density at radius 2 is 2.04 bits per heavy atom. The van der Waals surface area contributed by atoms with Crippen LogP contribution in [-0.2, 0) is 22.6 Å². The minimum absolute atomic E-state index is 0.237. The van der Waals surface area contributed by atoms with Crippen LogP contribution < -0.4 is 11.5 Å². The zero-order valence-electron chi connectivity index (χ0n) is 14.0. The van der Waals surface area contributed by atoms with E-state index < -0.39 is 18.0 Å². The van der Waals surface area contributed by atoms with Crippen molar-refractivity contribution in [3.63, 3.8) is 0 Å². The van der Waals surface area contributed by atoms with Crippen LogP contribution in [0.1, 0.15) is 24.1 Å². The van der Waals surface area contributed by atoms with Crippen molar-refractivity contribution in [2.45, 2.75) is 37.9 Å². The highest BCUT2D eigenvalue weighted by Crippen LogP contribution is 2.18. The summed E-state index contributed by atoms with van der Waals surface area (Å²) < 4.78 is 1.96. The highest BCUT2D eigenvalue weighted by molar-refractivity contribution is 5.89. The summed E-state index contributed by atoms with van der Waals surface area (Å²) >= 11 is 0. The number of benzene rings is 1. The van der Waals surface area contributed by atoms with Gasteiger partial charge in [-0.25, -0.2) is 4.98 Å². The van der Waals surface area contributed by atoms with Gasteiger partial charge in [0.15, 0.2) is 0 Å². The van der Waals surface area contributed by atoms with Gasteiger partial charge in [-0.1, -0.05) is 30.3 Å². The van der Waals surface area contributed by atoms with Crippen LogP contribution >= 0.6 is 0 Å². The average Bonchev–Trinajstić information content (AvgIpc) is 3.24. The van der Waals surface area contributed by atoms with Crippen molar-refractivity contribution in [1.29, 1.82) is 0 Å². The van der Waals surface area contributed by atoms with Gasteiger partial charge in [-0.05, 0) is 18.4 Å². The number of nitrogens with two attached hydrogens (primary N) is 2. The van der Waals surface area contributed by atoms with E-state index in [-0.39, 0.29) is 5.91 Å². The Bertz CT molecular complexity index is 743. The van der Waals surface area contributed by atoms with Crippen LogP contribution in [0.4, 0.5) is 0 Å². The molecule has 2 heterocycles. The molecule has 132 valence electrons. The van der Waals surface area contributed by atoms with Crippen LogP contribution in [0.2, 0.25) is 0 Å². The molecule has 7 nitrogen and oxygen atoms in total. The number of primary amides is 1. The number of aromatic nitrogens is 2. The number of amides is 2. The van der Waals surface area contributed by atoms with Gasteiger partial charge in [-0.15, -0.1) is 0 Å². The zero-order valence-corrected chi connectivity index (χ0v) is 14.0. The summed E-state index contributed by atoms with van der Waals surface area (Å²) in [6, 6.07) is 8.80. The Labute approximate surface area is 146 Å². The number of hydrogen-bond acceptors (Lipinski definition) is 4. The fraction of sp³-hybridized carbons (Fsp3) is 0.389. The molecule has 1 saturated heterocycles. The van der Waals surface area contributed by atoms with E-state index in [0.29, 0.717) is 25.9 Å². The lowest BCUT2D eigenvalue weighted by atomic mass is 10.1. The third kappa shape index (κ3) is 4.06. The monoisotopic (exact) mass is 341 g/mol. The van der Waals surface area contributed by atoms with Gasteiger partial charge in [0.1, 0.15) is 6.04 Å². The summed E-state index contributed by atoms with van der Waals surface area (Å²) in [6.07, 6.45) is 5.36. The molecule has 0 radical (unpaired) electrons. The van der Waals surface area contributed by atoms with E-state index in [1.807, 2.05) is 41.1 Å². The molecule has 1 aliphatic rings. The van der Waals surface area contributed by atoms with Crippen LogP contribution in [-0.4, -0.2) is 44.9 Å². The van der Waals surface area contributed by atoms with Gasteiger partial charge in [0.2, 0.25) is 11.8 Å². The highest BCUT2D eigenvalue weighted by Gasteiger charge is 2.35. The zero-order chi connectivity index (χ0) is 17.8. The molecule has 25 heavy (non-hydrogen) atoms. The third-order valence-electron chi connectivity index (χ3n) is 4.51. The molecule has 2 atom stereocenters. The third-order valence-corrected chi connectivity index (χ3v) is 4.51. The summed E-state index contributed by atoms with van der Waals surface area (Å²) in [4.78, 5) is 29.8. The van der Waals surface area contributed by atoms with Crippen molar-refractivity contribution < 1.29 is 9.59 Å². The first kappa shape index (κ1) is 17.2. The van der Waals surface area contributed by atoms with Gasteiger partial charge < -0.3 is 20.9 Å². The Kier molecular flexibility index (Phi) is 5.14. The fourth-order valence-corrected chi connectivity index (χ4v) is 3.24. The second-order valence-corrected chi connectivity index (χ2v) is 6.43. The van der Waals surface area contributed by atoms with Crippen LogP contribution in [0.3, 0.4) is 0 Å². The van der Waals surface area contributed by atoms with Crippen molar-refractivity contribution in [3.8, 4) is 0 Å². The molecule has 2 aromatic rings. The van der Waals surface area contributed by atoms with Crippen LogP contribution in [0.15, 0.2) is 42.9 Å². The van der Waals surface area contributed by atoms with Crippen molar-refractivity contribution in [2.24, 2.45) is 11.5 Å². The molecule has 2 amide bonds. The van der Waals surface area contributed by atoms with Crippen molar-refractivity contribution in [1.82, 2.24) is 14.5 Å². The number of hydrogen-bond donors (Lipinski definition) is 2. The van der Waals surface area contributed by atoms with E-state index in [1.165, 1.54) is 10.5 Å². The summed E-state index contributed by atoms with van der Waals surface area (Å²) in [5.74, 6) is -0.705. The van der Waals surface area contributed by atoms with Crippen molar-refractivity contribution in [3.05, 3.63) is 54.1 Å². The second-order valence-electron chi connectivity index (χ2n) is 6.43. The fourth-order valence-electron chi connectivity index (χ4n) is 3.24. The molecule has 1 fully saturated rings. The summed E-state index contributed by atoms with van der Waals surface area (Å²) in [5.41, 5.74) is 13.4. The maximum Gasteiger partial charge on any atom is 0.240 e. The molecule has 3 rings (SSSR count). The largest absolute Gasteiger partial charge is 0.368 e. The van der Waals surface area contributed by atoms with E-state index in [1.54, 1.807) is 6.33 Å². The van der Waals surface area contributed by atoms with Crippen molar-refractivity contribution in [2.75, 3.05) is 6.54 Å². The quantitative estimate of drug-likeness (QED) is 0.786. The summed E-state index contributed by atoms with van der Waals surface area (Å²) in [5, 5.41) is 0. The predicted molar refractivity (Wildman–Crippen MR) is 93.4 cm³/mol. The summed E-state index contributed by atoms with van der Waals surface area (Å²) in [7, 11) is 0. The highest BCUT2D eigenvalue weighted by atomic mass is 16.2. The van der Waals surface area contributed by atoms with E-state index in [4.69, 9.17) is 11.5 Å². The van der Waals surface area contributed by atoms with Crippen LogP contribution in [0.5, 0.6) is 0 Å². The average molecular weight is 341 g/mol. The molecule has 0 bridgehead atoms. The smallest absolute Gasteiger partial charge is 0.240 e. The predicted octanol–water partition coefficient (Wildman–Crippen LogP) is 0.278. The van der Waals surface area contributed by atoms with Gasteiger partial charge >= 0.3 is 0 Å². The molecule has 0 aliphatic carbocycles. The van der Waals surface area contributed by atoms with Gasteiger partial charge in [-0.3, -0.25) is 9.59 Å². The molecule has 2 unspecified atom stereocenters. The second kappa shape index (κ2) is 7.48. The minimum atomic E-state index is -0.722. The van der Waals surface area contributed by atoms with Gasteiger partial charge in [-0.2, -0.15) is 0 Å². The normalized spacial score (nSPS) is 18.3. The molecule has 1 aliphatic heterocycles. The minimum Gasteiger partial charge on any atom is -0.368 e. The number of nitrogens with zero attached hydrogens (tertiary/aromatic N) is 3. The van der Waals surface area contributed by atoms with E-state index in [9.17, 15) is 9.59 Å². The standard InChI is InChI=1S/C18H23N5O2/c19-15(18(25)23-8-4-7-16(23)17(20)24)9-14-11-22(12-21-14)10-13-5-2-1-3-6-13/h1-3,5-6,11-12,15-16H,4,7-10,19H2,(H2,20,24). The number of carbonyl (C=O) groups excluding carboxylic acids is 2. The Balaban J connectivity index is 1.60. The van der Waals surface area contributed by atoms with Crippen LogP contribution in [0, 0.1) is 0 Å². The van der Waals surface area contributed by atoms with E-state index in [0.717, 1.165) is 12.1 Å². The Morgan fingerprint density at radius 1 is 1.28 bits per heavy atom. The number of rotatable bonds is 6. The molecule has 7 heteroatoms. The van der Waals surface area contributed by atoms with E-state index >= 15 is 0 Å². The van der Waals surface area contributed by atoms with Crippen LogP contribution in [0.25, 0.3) is 0 Å². The number of carbonyl (C=O) groups is 2. The lowest BCUT2D eigenvalue weighted by molar-refractivity contribution is -0.138. The molecule has 4 N–H and O–H groups in total. The molecule has 0 saturated carbocycles. The van der Waals surface area contributed by atoms with E-state index in [2.05, 4.69) is 4.98 Å². The Morgan fingerprint density at radius 3 is 2.76 bits per heavy atom. The lowest BCUT2D eigenvalue weighted by Gasteiger charge is -2.25. The maximum absolute atomic E-state index is 12.5. The first-order valence-corrected chi connectivity index (χ1v) is 8.44. The maximum atomic E-state index is 12.5. The molecular formula is C18H23N5O2. The number of imidazole rings is 1. The Hall–Kier alpha value is -2.67. The van der Waals surface area contributed by atoms with Gasteiger partial charge in [0.05, 0.1) is 18.1 Å². The lowest BCUT2D eigenvalue weighted by Crippen LogP contribution is -2.50. The molecule has 0 spiro atoms. The van der Waals surface area contributed by atoms with Crippen molar-refractivity contribution >= 4 is 11.8 Å². The topological polar surface area (TPSA) is 107 Å². The van der Waals surface area contributed by atoms with Gasteiger partial charge in [0.25, 0.3) is 0 Å². The number of likely N-dealkylation sites (tertiary alicyclic amines) is 1. The molecule has 1 aromatic carbocycles. The summed E-state index contributed by atoms with van der Waals surface area (Å²) in [6.45, 7) is 1.25. The van der Waals surface area contributed by atoms with Gasteiger partial charge in [0, 0.05) is 25.7 Å². The first-order valence-electron chi connectivity index (χ1n) is 8.44. The SMILES string of the molecule is NC(=O)C1CCCN1C(=O)C(N)Cc1cn(Cc2ccccc2)cn1. The molecular weight excluding hydrogens is 318 g/mol. The first-order chi connectivity index (χ1) is 12.0.